The lowest BCUT2D eigenvalue weighted by atomic mass is 10.1. The predicted octanol–water partition coefficient (Wildman–Crippen LogP) is 1.45. The Hall–Kier alpha value is -2.08. The van der Waals surface area contributed by atoms with Crippen molar-refractivity contribution < 1.29 is 9.21 Å². The van der Waals surface area contributed by atoms with Gasteiger partial charge in [0.1, 0.15) is 11.6 Å². The molecule has 3 rings (SSSR count). The molecule has 1 atom stereocenters. The second-order valence-electron chi connectivity index (χ2n) is 5.55. The fraction of sp³-hybridized carbons (Fsp3) is 0.467. The van der Waals surface area contributed by atoms with Crippen molar-refractivity contribution in [1.82, 2.24) is 19.4 Å². The van der Waals surface area contributed by atoms with Gasteiger partial charge in [-0.1, -0.05) is 0 Å². The summed E-state index contributed by atoms with van der Waals surface area (Å²) in [5.74, 6) is 2.10. The van der Waals surface area contributed by atoms with Gasteiger partial charge in [0.25, 0.3) is 5.91 Å². The van der Waals surface area contributed by atoms with Crippen LogP contribution >= 0.6 is 0 Å². The molecule has 0 saturated carbocycles. The number of imidazole rings is 1. The molecule has 6 nitrogen and oxygen atoms in total. The number of hydrogen-bond acceptors (Lipinski definition) is 4. The lowest BCUT2D eigenvalue weighted by molar-refractivity contribution is 0.0499. The van der Waals surface area contributed by atoms with Gasteiger partial charge in [0, 0.05) is 39.1 Å². The van der Waals surface area contributed by atoms with Crippen LogP contribution in [0.4, 0.5) is 0 Å². The van der Waals surface area contributed by atoms with E-state index in [1.807, 2.05) is 35.7 Å². The first-order chi connectivity index (χ1) is 10.1. The molecule has 1 fully saturated rings. The van der Waals surface area contributed by atoms with Gasteiger partial charge >= 0.3 is 0 Å². The van der Waals surface area contributed by atoms with E-state index in [1.54, 1.807) is 12.3 Å². The van der Waals surface area contributed by atoms with Crippen molar-refractivity contribution in [3.63, 3.8) is 0 Å². The lowest BCUT2D eigenvalue weighted by Gasteiger charge is -2.38. The van der Waals surface area contributed by atoms with E-state index in [2.05, 4.69) is 16.9 Å². The highest BCUT2D eigenvalue weighted by molar-refractivity contribution is 5.91. The molecule has 6 heteroatoms. The first kappa shape index (κ1) is 13.9. The number of aryl methyl sites for hydroxylation is 2. The zero-order valence-electron chi connectivity index (χ0n) is 12.6. The van der Waals surface area contributed by atoms with Gasteiger partial charge in [0.2, 0.25) is 0 Å². The van der Waals surface area contributed by atoms with Crippen molar-refractivity contribution in [3.05, 3.63) is 41.9 Å². The number of nitrogens with zero attached hydrogens (tertiary/aromatic N) is 4. The zero-order valence-corrected chi connectivity index (χ0v) is 12.6. The topological polar surface area (TPSA) is 54.5 Å². The second kappa shape index (κ2) is 5.37. The van der Waals surface area contributed by atoms with Gasteiger partial charge < -0.3 is 13.9 Å². The summed E-state index contributed by atoms with van der Waals surface area (Å²) in [6.07, 6.45) is 3.72. The van der Waals surface area contributed by atoms with Crippen LogP contribution in [-0.4, -0.2) is 51.9 Å². The van der Waals surface area contributed by atoms with E-state index >= 15 is 0 Å². The van der Waals surface area contributed by atoms with Crippen LogP contribution in [0.15, 0.2) is 28.9 Å². The molecule has 2 aromatic rings. The molecule has 0 unspecified atom stereocenters. The Labute approximate surface area is 124 Å². The molecule has 112 valence electrons. The Morgan fingerprint density at radius 1 is 1.33 bits per heavy atom. The van der Waals surface area contributed by atoms with Crippen molar-refractivity contribution in [2.75, 3.05) is 26.7 Å². The van der Waals surface area contributed by atoms with Crippen LogP contribution in [0.2, 0.25) is 0 Å². The van der Waals surface area contributed by atoms with Gasteiger partial charge in [-0.05, 0) is 26.1 Å². The van der Waals surface area contributed by atoms with Crippen molar-refractivity contribution in [2.45, 2.75) is 13.0 Å². The molecule has 0 aromatic carbocycles. The highest BCUT2D eigenvalue weighted by Gasteiger charge is 2.31. The molecule has 1 aliphatic heterocycles. The molecule has 0 N–H and O–H groups in total. The molecule has 0 bridgehead atoms. The summed E-state index contributed by atoms with van der Waals surface area (Å²) in [6, 6.07) is 3.67. The first-order valence-electron chi connectivity index (χ1n) is 7.09. The molecule has 1 aliphatic rings. The molecular formula is C15H20N4O2. The van der Waals surface area contributed by atoms with Gasteiger partial charge in [-0.3, -0.25) is 9.69 Å². The van der Waals surface area contributed by atoms with E-state index in [0.717, 1.165) is 18.1 Å². The van der Waals surface area contributed by atoms with Crippen LogP contribution < -0.4 is 0 Å². The van der Waals surface area contributed by atoms with Crippen LogP contribution in [0.3, 0.4) is 0 Å². The van der Waals surface area contributed by atoms with Gasteiger partial charge in [-0.25, -0.2) is 4.98 Å². The van der Waals surface area contributed by atoms with Crippen molar-refractivity contribution in [3.8, 4) is 0 Å². The number of hydrogen-bond donors (Lipinski definition) is 0. The maximum absolute atomic E-state index is 12.5. The molecule has 2 aromatic heterocycles. The molecule has 1 amide bonds. The Morgan fingerprint density at radius 3 is 2.76 bits per heavy atom. The van der Waals surface area contributed by atoms with E-state index in [-0.39, 0.29) is 11.9 Å². The zero-order chi connectivity index (χ0) is 15.0. The van der Waals surface area contributed by atoms with Crippen LogP contribution in [-0.2, 0) is 7.05 Å². The third-order valence-corrected chi connectivity index (χ3v) is 4.04. The standard InChI is InChI=1S/C15H20N4O2/c1-11-4-5-13(21-11)15(20)19-9-8-17(2)12(10-19)14-16-6-7-18(14)3/h4-7,12H,8-10H2,1-3H3/t12-/m0/s1. The number of furan rings is 1. The molecule has 0 radical (unpaired) electrons. The van der Waals surface area contributed by atoms with Crippen LogP contribution in [0.5, 0.6) is 0 Å². The Morgan fingerprint density at radius 2 is 2.14 bits per heavy atom. The summed E-state index contributed by atoms with van der Waals surface area (Å²) in [5, 5.41) is 0. The smallest absolute Gasteiger partial charge is 0.289 e. The lowest BCUT2D eigenvalue weighted by Crippen LogP contribution is -2.49. The van der Waals surface area contributed by atoms with Crippen molar-refractivity contribution in [2.24, 2.45) is 7.05 Å². The Balaban J connectivity index is 1.80. The van der Waals surface area contributed by atoms with Gasteiger partial charge in [0.05, 0.1) is 6.04 Å². The summed E-state index contributed by atoms with van der Waals surface area (Å²) in [5.41, 5.74) is 0. The molecule has 3 heterocycles. The summed E-state index contributed by atoms with van der Waals surface area (Å²) >= 11 is 0. The van der Waals surface area contributed by atoms with Gasteiger partial charge in [-0.15, -0.1) is 0 Å². The third-order valence-electron chi connectivity index (χ3n) is 4.04. The number of carbonyl (C=O) groups is 1. The van der Waals surface area contributed by atoms with Gasteiger partial charge in [0.15, 0.2) is 5.76 Å². The molecule has 21 heavy (non-hydrogen) atoms. The average molecular weight is 288 g/mol. The number of carbonyl (C=O) groups excluding carboxylic acids is 1. The fourth-order valence-electron chi connectivity index (χ4n) is 2.74. The number of aromatic nitrogens is 2. The number of rotatable bonds is 2. The van der Waals surface area contributed by atoms with E-state index in [0.29, 0.717) is 18.8 Å². The maximum atomic E-state index is 12.5. The predicted molar refractivity (Wildman–Crippen MR) is 77.9 cm³/mol. The Bertz CT molecular complexity index is 646. The first-order valence-corrected chi connectivity index (χ1v) is 7.09. The largest absolute Gasteiger partial charge is 0.456 e. The quantitative estimate of drug-likeness (QED) is 0.839. The third kappa shape index (κ3) is 2.58. The van der Waals surface area contributed by atoms with E-state index in [9.17, 15) is 4.79 Å². The fourth-order valence-corrected chi connectivity index (χ4v) is 2.74. The molecule has 0 aliphatic carbocycles. The molecule has 0 spiro atoms. The van der Waals surface area contributed by atoms with Gasteiger partial charge in [-0.2, -0.15) is 0 Å². The van der Waals surface area contributed by atoms with E-state index < -0.39 is 0 Å². The SMILES string of the molecule is Cc1ccc(C(=O)N2CCN(C)[C@H](c3nccn3C)C2)o1. The summed E-state index contributed by atoms with van der Waals surface area (Å²) in [4.78, 5) is 21.0. The second-order valence-corrected chi connectivity index (χ2v) is 5.55. The van der Waals surface area contributed by atoms with Crippen molar-refractivity contribution in [1.29, 1.82) is 0 Å². The van der Waals surface area contributed by atoms with Crippen LogP contribution in [0, 0.1) is 6.92 Å². The number of amides is 1. The van der Waals surface area contributed by atoms with E-state index in [1.165, 1.54) is 0 Å². The van der Waals surface area contributed by atoms with Crippen LogP contribution in [0.25, 0.3) is 0 Å². The summed E-state index contributed by atoms with van der Waals surface area (Å²) in [7, 11) is 4.05. The van der Waals surface area contributed by atoms with Crippen LogP contribution in [0.1, 0.15) is 28.2 Å². The minimum absolute atomic E-state index is 0.0459. The number of piperazine rings is 1. The molecule has 1 saturated heterocycles. The molecular weight excluding hydrogens is 268 g/mol. The highest BCUT2D eigenvalue weighted by atomic mass is 16.3. The highest BCUT2D eigenvalue weighted by Crippen LogP contribution is 2.23. The summed E-state index contributed by atoms with van der Waals surface area (Å²) < 4.78 is 7.46. The van der Waals surface area contributed by atoms with E-state index in [4.69, 9.17) is 4.42 Å². The monoisotopic (exact) mass is 288 g/mol. The average Bonchev–Trinajstić information content (AvgIpc) is 3.07. The summed E-state index contributed by atoms with van der Waals surface area (Å²) in [6.45, 7) is 4.00. The normalized spacial score (nSPS) is 20.0. The minimum atomic E-state index is -0.0459. The Kier molecular flexibility index (Phi) is 3.55. The number of likely N-dealkylation sites (N-methyl/N-ethyl adjacent to an activating group) is 1. The van der Waals surface area contributed by atoms with Crippen molar-refractivity contribution >= 4 is 5.91 Å². The minimum Gasteiger partial charge on any atom is -0.456 e. The maximum Gasteiger partial charge on any atom is 0.289 e.